The van der Waals surface area contributed by atoms with Gasteiger partial charge in [-0.1, -0.05) is 6.92 Å². The van der Waals surface area contributed by atoms with E-state index in [1.807, 2.05) is 6.92 Å². The summed E-state index contributed by atoms with van der Waals surface area (Å²) in [6.07, 6.45) is 0.661. The second-order valence-corrected chi connectivity index (χ2v) is 5.72. The van der Waals surface area contributed by atoms with Crippen LogP contribution in [0.15, 0.2) is 51.7 Å². The number of nitrogens with one attached hydrogen (secondary N) is 1. The van der Waals surface area contributed by atoms with Gasteiger partial charge in [0, 0.05) is 36.2 Å². The van der Waals surface area contributed by atoms with Crippen LogP contribution in [0, 0.1) is 10.1 Å². The summed E-state index contributed by atoms with van der Waals surface area (Å²) in [6.45, 7) is 1.93. The third-order valence-corrected chi connectivity index (χ3v) is 4.06. The molecule has 0 radical (unpaired) electrons. The average Bonchev–Trinajstić information content (AvgIpc) is 2.66. The molecule has 1 amide bonds. The molecule has 0 atom stereocenters. The average molecular weight is 368 g/mol. The van der Waals surface area contributed by atoms with Crippen LogP contribution in [0.3, 0.4) is 0 Å². The zero-order valence-electron chi connectivity index (χ0n) is 14.6. The van der Waals surface area contributed by atoms with Gasteiger partial charge in [-0.15, -0.1) is 0 Å². The summed E-state index contributed by atoms with van der Waals surface area (Å²) in [5.74, 6) is -0.195. The number of nitro groups is 1. The number of nitro benzene ring substituents is 1. The lowest BCUT2D eigenvalue weighted by Crippen LogP contribution is -2.17. The van der Waals surface area contributed by atoms with E-state index in [0.717, 1.165) is 17.0 Å². The van der Waals surface area contributed by atoms with E-state index in [0.29, 0.717) is 12.0 Å². The van der Waals surface area contributed by atoms with E-state index in [4.69, 9.17) is 9.15 Å². The normalized spacial score (nSPS) is 10.6. The number of hydrogen-bond acceptors (Lipinski definition) is 6. The second-order valence-electron chi connectivity index (χ2n) is 5.72. The van der Waals surface area contributed by atoms with Gasteiger partial charge in [0.2, 0.25) is 5.75 Å². The molecule has 138 valence electrons. The molecule has 0 bridgehead atoms. The zero-order chi connectivity index (χ0) is 19.6. The van der Waals surface area contributed by atoms with Gasteiger partial charge in [-0.25, -0.2) is 4.79 Å². The fourth-order valence-corrected chi connectivity index (χ4v) is 2.73. The SMILES string of the molecule is CCc1cc(=O)oc2cc(Oc3ccc(C(=O)NC)cc3[N+](=O)[O-])ccc12. The zero-order valence-corrected chi connectivity index (χ0v) is 14.6. The summed E-state index contributed by atoms with van der Waals surface area (Å²) < 4.78 is 10.8. The molecule has 1 heterocycles. The van der Waals surface area contributed by atoms with Crippen LogP contribution in [0.5, 0.6) is 11.5 Å². The Morgan fingerprint density at radius 3 is 2.67 bits per heavy atom. The molecule has 8 heteroatoms. The number of rotatable bonds is 5. The maximum atomic E-state index is 11.7. The van der Waals surface area contributed by atoms with Crippen LogP contribution in [0.4, 0.5) is 5.69 Å². The molecule has 0 saturated heterocycles. The van der Waals surface area contributed by atoms with Crippen LogP contribution in [0.1, 0.15) is 22.8 Å². The molecule has 0 aliphatic carbocycles. The van der Waals surface area contributed by atoms with Crippen LogP contribution in [-0.4, -0.2) is 17.9 Å². The fourth-order valence-electron chi connectivity index (χ4n) is 2.73. The van der Waals surface area contributed by atoms with Crippen LogP contribution in [-0.2, 0) is 6.42 Å². The number of ether oxygens (including phenoxy) is 1. The van der Waals surface area contributed by atoms with Crippen LogP contribution in [0.2, 0.25) is 0 Å². The summed E-state index contributed by atoms with van der Waals surface area (Å²) in [4.78, 5) is 34.1. The highest BCUT2D eigenvalue weighted by molar-refractivity contribution is 5.95. The van der Waals surface area contributed by atoms with Crippen molar-refractivity contribution in [3.63, 3.8) is 0 Å². The molecule has 8 nitrogen and oxygen atoms in total. The van der Waals surface area contributed by atoms with Gasteiger partial charge in [-0.2, -0.15) is 0 Å². The van der Waals surface area contributed by atoms with E-state index in [9.17, 15) is 19.7 Å². The van der Waals surface area contributed by atoms with Gasteiger partial charge in [-0.05, 0) is 36.2 Å². The first-order valence-electron chi connectivity index (χ1n) is 8.18. The number of amides is 1. The third-order valence-electron chi connectivity index (χ3n) is 4.06. The Morgan fingerprint density at radius 1 is 1.22 bits per heavy atom. The van der Waals surface area contributed by atoms with Gasteiger partial charge >= 0.3 is 11.3 Å². The maximum Gasteiger partial charge on any atom is 0.336 e. The molecular formula is C19H16N2O6. The van der Waals surface area contributed by atoms with Gasteiger partial charge in [-0.3, -0.25) is 14.9 Å². The minimum Gasteiger partial charge on any atom is -0.450 e. The summed E-state index contributed by atoms with van der Waals surface area (Å²) in [5, 5.41) is 14.5. The molecular weight excluding hydrogens is 352 g/mol. The smallest absolute Gasteiger partial charge is 0.336 e. The van der Waals surface area contributed by atoms with E-state index in [1.165, 1.54) is 31.3 Å². The molecule has 27 heavy (non-hydrogen) atoms. The van der Waals surface area contributed by atoms with Crippen LogP contribution in [0.25, 0.3) is 11.0 Å². The van der Waals surface area contributed by atoms with Gasteiger partial charge in [0.15, 0.2) is 0 Å². The van der Waals surface area contributed by atoms with Gasteiger partial charge in [0.1, 0.15) is 11.3 Å². The lowest BCUT2D eigenvalue weighted by atomic mass is 10.1. The number of fused-ring (bicyclic) bond motifs is 1. The Kier molecular flexibility index (Phi) is 4.89. The Bertz CT molecular complexity index is 1100. The fraction of sp³-hybridized carbons (Fsp3) is 0.158. The van der Waals surface area contributed by atoms with Crippen molar-refractivity contribution in [3.05, 3.63) is 74.1 Å². The highest BCUT2D eigenvalue weighted by Gasteiger charge is 2.19. The molecule has 3 rings (SSSR count). The standard InChI is InChI=1S/C19H16N2O6/c1-3-11-9-18(22)27-17-10-13(5-6-14(11)17)26-16-7-4-12(19(23)20-2)8-15(16)21(24)25/h4-10H,3H2,1-2H3,(H,20,23). The highest BCUT2D eigenvalue weighted by atomic mass is 16.6. The van der Waals surface area contributed by atoms with Crippen molar-refractivity contribution in [2.45, 2.75) is 13.3 Å². The van der Waals surface area contributed by atoms with E-state index in [1.54, 1.807) is 12.1 Å². The Hall–Kier alpha value is -3.68. The van der Waals surface area contributed by atoms with E-state index in [2.05, 4.69) is 5.32 Å². The number of benzene rings is 2. The first kappa shape index (κ1) is 18.1. The molecule has 0 aliphatic rings. The second kappa shape index (κ2) is 7.28. The highest BCUT2D eigenvalue weighted by Crippen LogP contribution is 2.33. The van der Waals surface area contributed by atoms with E-state index < -0.39 is 16.5 Å². The predicted molar refractivity (Wildman–Crippen MR) is 98.4 cm³/mol. The Balaban J connectivity index is 2.03. The summed E-state index contributed by atoms with van der Waals surface area (Å²) in [7, 11) is 1.44. The van der Waals surface area contributed by atoms with Crippen molar-refractivity contribution in [2.24, 2.45) is 0 Å². The minimum absolute atomic E-state index is 0.0269. The third kappa shape index (κ3) is 3.64. The lowest BCUT2D eigenvalue weighted by molar-refractivity contribution is -0.385. The quantitative estimate of drug-likeness (QED) is 0.420. The van der Waals surface area contributed by atoms with Crippen LogP contribution < -0.4 is 15.7 Å². The monoisotopic (exact) mass is 368 g/mol. The van der Waals surface area contributed by atoms with Crippen molar-refractivity contribution in [2.75, 3.05) is 7.05 Å². The Labute approximate surface area is 153 Å². The first-order valence-corrected chi connectivity index (χ1v) is 8.18. The summed E-state index contributed by atoms with van der Waals surface area (Å²) >= 11 is 0. The molecule has 0 saturated carbocycles. The van der Waals surface area contributed by atoms with E-state index in [-0.39, 0.29) is 22.7 Å². The predicted octanol–water partition coefficient (Wildman–Crippen LogP) is 3.42. The number of carbonyl (C=O) groups is 1. The van der Waals surface area contributed by atoms with Crippen LogP contribution >= 0.6 is 0 Å². The van der Waals surface area contributed by atoms with Crippen molar-refractivity contribution in [1.29, 1.82) is 0 Å². The maximum absolute atomic E-state index is 11.7. The Morgan fingerprint density at radius 2 is 2.00 bits per heavy atom. The number of carbonyl (C=O) groups excluding carboxylic acids is 1. The van der Waals surface area contributed by atoms with Gasteiger partial charge < -0.3 is 14.5 Å². The first-order chi connectivity index (χ1) is 12.9. The van der Waals surface area contributed by atoms with Gasteiger partial charge in [0.25, 0.3) is 5.91 Å². The molecule has 0 aliphatic heterocycles. The number of hydrogen-bond donors (Lipinski definition) is 1. The summed E-state index contributed by atoms with van der Waals surface area (Å²) in [5.41, 5.74) is 0.501. The van der Waals surface area contributed by atoms with E-state index >= 15 is 0 Å². The van der Waals surface area contributed by atoms with Crippen molar-refractivity contribution < 1.29 is 18.9 Å². The molecule has 0 spiro atoms. The number of nitrogens with zero attached hydrogens (tertiary/aromatic N) is 1. The molecule has 0 unspecified atom stereocenters. The molecule has 1 N–H and O–H groups in total. The lowest BCUT2D eigenvalue weighted by Gasteiger charge is -2.09. The number of aryl methyl sites for hydroxylation is 1. The molecule has 3 aromatic rings. The van der Waals surface area contributed by atoms with Crippen molar-refractivity contribution in [3.8, 4) is 11.5 Å². The largest absolute Gasteiger partial charge is 0.450 e. The molecule has 2 aromatic carbocycles. The van der Waals surface area contributed by atoms with Crippen molar-refractivity contribution in [1.82, 2.24) is 5.32 Å². The van der Waals surface area contributed by atoms with Gasteiger partial charge in [0.05, 0.1) is 4.92 Å². The molecule has 0 fully saturated rings. The minimum atomic E-state index is -0.627. The summed E-state index contributed by atoms with van der Waals surface area (Å²) in [6, 6.07) is 10.2. The topological polar surface area (TPSA) is 112 Å². The van der Waals surface area contributed by atoms with Crippen molar-refractivity contribution >= 4 is 22.6 Å². The molecule has 1 aromatic heterocycles.